The number of pyridine rings is 1. The molecule has 0 spiro atoms. The zero-order valence-electron chi connectivity index (χ0n) is 19.5. The van der Waals surface area contributed by atoms with E-state index >= 15 is 0 Å². The molecule has 1 aliphatic rings. The second-order valence-electron chi connectivity index (χ2n) is 9.01. The van der Waals surface area contributed by atoms with Crippen LogP contribution in [0, 0.1) is 5.92 Å². The standard InChI is InChI=1S/C24H21BrF3N7O2/c1-12-7-16(23(37)33-18-4-2-3-17(25)32-18)34(9-12)19(36)10-35-15-6-5-13(24(26,27)28)8-14(15)20-21(29)30-11-31-22(20)35/h2-6,8,11-12,16H,7,9-10H2,1H3,(H2,29,30,31)(H,32,33,37)/t12-,16+/m1/s1. The lowest BCUT2D eigenvalue weighted by molar-refractivity contribution is -0.137. The van der Waals surface area contributed by atoms with Crippen LogP contribution in [0.3, 0.4) is 0 Å². The van der Waals surface area contributed by atoms with E-state index < -0.39 is 17.8 Å². The molecule has 0 unspecified atom stereocenters. The number of rotatable bonds is 4. The lowest BCUT2D eigenvalue weighted by Crippen LogP contribution is -2.44. The second-order valence-corrected chi connectivity index (χ2v) is 9.82. The Labute approximate surface area is 217 Å². The van der Waals surface area contributed by atoms with E-state index in [-0.39, 0.29) is 46.5 Å². The first-order valence-corrected chi connectivity index (χ1v) is 12.1. The average Bonchev–Trinajstić information content (AvgIpc) is 3.37. The summed E-state index contributed by atoms with van der Waals surface area (Å²) in [5.41, 5.74) is 5.76. The maximum Gasteiger partial charge on any atom is 0.416 e. The van der Waals surface area contributed by atoms with Gasteiger partial charge in [0, 0.05) is 11.9 Å². The summed E-state index contributed by atoms with van der Waals surface area (Å²) in [5.74, 6) is -0.314. The number of nitrogen functional groups attached to an aromatic ring is 1. The van der Waals surface area contributed by atoms with Gasteiger partial charge >= 0.3 is 6.18 Å². The van der Waals surface area contributed by atoms with Gasteiger partial charge in [0.2, 0.25) is 11.8 Å². The molecule has 4 aromatic rings. The Kier molecular flexibility index (Phi) is 6.26. The number of amides is 2. The van der Waals surface area contributed by atoms with Crippen LogP contribution < -0.4 is 11.1 Å². The zero-order chi connectivity index (χ0) is 26.5. The Bertz CT molecular complexity index is 1540. The predicted octanol–water partition coefficient (Wildman–Crippen LogP) is 4.22. The molecular weight excluding hydrogens is 555 g/mol. The van der Waals surface area contributed by atoms with Crippen molar-refractivity contribution < 1.29 is 22.8 Å². The molecule has 4 heterocycles. The number of hydrogen-bond donors (Lipinski definition) is 2. The number of hydrogen-bond acceptors (Lipinski definition) is 6. The molecule has 0 saturated carbocycles. The number of halogens is 4. The van der Waals surface area contributed by atoms with Crippen molar-refractivity contribution in [3.8, 4) is 0 Å². The second kappa shape index (κ2) is 9.29. The van der Waals surface area contributed by atoms with Crippen LogP contribution in [0.25, 0.3) is 21.9 Å². The minimum atomic E-state index is -4.56. The third-order valence-corrected chi connectivity index (χ3v) is 6.83. The van der Waals surface area contributed by atoms with Crippen LogP contribution in [-0.2, 0) is 22.3 Å². The maximum absolute atomic E-state index is 13.5. The monoisotopic (exact) mass is 575 g/mol. The minimum Gasteiger partial charge on any atom is -0.383 e. The highest BCUT2D eigenvalue weighted by atomic mass is 79.9. The van der Waals surface area contributed by atoms with E-state index in [0.717, 1.165) is 12.1 Å². The summed E-state index contributed by atoms with van der Waals surface area (Å²) < 4.78 is 42.3. The van der Waals surface area contributed by atoms with Gasteiger partial charge in [0.05, 0.1) is 16.5 Å². The number of carbonyl (C=O) groups excluding carboxylic acids is 2. The molecule has 1 saturated heterocycles. The highest BCUT2D eigenvalue weighted by molar-refractivity contribution is 9.10. The van der Waals surface area contributed by atoms with E-state index in [1.807, 2.05) is 6.92 Å². The number of nitrogens with two attached hydrogens (primary N) is 1. The minimum absolute atomic E-state index is 0.00842. The van der Waals surface area contributed by atoms with Crippen LogP contribution in [0.1, 0.15) is 18.9 Å². The lowest BCUT2D eigenvalue weighted by Gasteiger charge is -2.24. The van der Waals surface area contributed by atoms with E-state index in [4.69, 9.17) is 5.73 Å². The summed E-state index contributed by atoms with van der Waals surface area (Å²) in [6, 6.07) is 7.60. The molecule has 0 bridgehead atoms. The molecule has 1 aliphatic heterocycles. The summed E-state index contributed by atoms with van der Waals surface area (Å²) in [6.45, 7) is 2.06. The fourth-order valence-electron chi connectivity index (χ4n) is 4.76. The highest BCUT2D eigenvalue weighted by Crippen LogP contribution is 2.37. The van der Waals surface area contributed by atoms with E-state index in [1.165, 1.54) is 21.9 Å². The molecule has 1 fully saturated rings. The van der Waals surface area contributed by atoms with Crippen molar-refractivity contribution in [3.05, 3.63) is 52.9 Å². The summed E-state index contributed by atoms with van der Waals surface area (Å²) in [7, 11) is 0. The zero-order valence-corrected chi connectivity index (χ0v) is 21.0. The number of alkyl halides is 3. The maximum atomic E-state index is 13.5. The van der Waals surface area contributed by atoms with Crippen LogP contribution in [0.4, 0.5) is 24.8 Å². The molecule has 3 aromatic heterocycles. The van der Waals surface area contributed by atoms with Crippen LogP contribution in [0.2, 0.25) is 0 Å². The molecule has 0 aliphatic carbocycles. The van der Waals surface area contributed by atoms with E-state index in [0.29, 0.717) is 28.9 Å². The van der Waals surface area contributed by atoms with Gasteiger partial charge in [-0.2, -0.15) is 13.2 Å². The lowest BCUT2D eigenvalue weighted by atomic mass is 10.1. The van der Waals surface area contributed by atoms with Crippen molar-refractivity contribution in [2.24, 2.45) is 5.92 Å². The van der Waals surface area contributed by atoms with Crippen molar-refractivity contribution in [1.82, 2.24) is 24.4 Å². The molecular formula is C24H21BrF3N7O2. The van der Waals surface area contributed by atoms with E-state index in [9.17, 15) is 22.8 Å². The molecule has 3 N–H and O–H groups in total. The SMILES string of the molecule is C[C@@H]1C[C@@H](C(=O)Nc2cccc(Br)n2)N(C(=O)Cn2c3ccc(C(F)(F)F)cc3c3c(N)ncnc32)C1. The Balaban J connectivity index is 1.48. The Morgan fingerprint density at radius 2 is 2.00 bits per heavy atom. The van der Waals surface area contributed by atoms with Crippen LogP contribution >= 0.6 is 15.9 Å². The highest BCUT2D eigenvalue weighted by Gasteiger charge is 2.38. The molecule has 192 valence electrons. The number of carbonyl (C=O) groups is 2. The average molecular weight is 576 g/mol. The van der Waals surface area contributed by atoms with Crippen molar-refractivity contribution >= 4 is 61.3 Å². The van der Waals surface area contributed by atoms with Gasteiger partial charge in [-0.3, -0.25) is 9.59 Å². The Morgan fingerprint density at radius 3 is 2.73 bits per heavy atom. The van der Waals surface area contributed by atoms with Crippen molar-refractivity contribution in [1.29, 1.82) is 0 Å². The van der Waals surface area contributed by atoms with Crippen molar-refractivity contribution in [2.75, 3.05) is 17.6 Å². The van der Waals surface area contributed by atoms with Crippen molar-refractivity contribution in [3.63, 3.8) is 0 Å². The molecule has 9 nitrogen and oxygen atoms in total. The smallest absolute Gasteiger partial charge is 0.383 e. The van der Waals surface area contributed by atoms with Gasteiger partial charge in [-0.15, -0.1) is 0 Å². The molecule has 5 rings (SSSR count). The van der Waals surface area contributed by atoms with Gasteiger partial charge < -0.3 is 20.5 Å². The van der Waals surface area contributed by atoms with Crippen LogP contribution in [0.5, 0.6) is 0 Å². The largest absolute Gasteiger partial charge is 0.416 e. The molecule has 37 heavy (non-hydrogen) atoms. The molecule has 13 heteroatoms. The molecule has 0 radical (unpaired) electrons. The Morgan fingerprint density at radius 1 is 1.22 bits per heavy atom. The first-order chi connectivity index (χ1) is 17.5. The van der Waals surface area contributed by atoms with Crippen LogP contribution in [0.15, 0.2) is 47.3 Å². The van der Waals surface area contributed by atoms with Gasteiger partial charge in [0.25, 0.3) is 0 Å². The first kappa shape index (κ1) is 24.9. The Hall–Kier alpha value is -3.74. The number of benzene rings is 1. The first-order valence-electron chi connectivity index (χ1n) is 11.4. The number of nitrogens with one attached hydrogen (secondary N) is 1. The summed E-state index contributed by atoms with van der Waals surface area (Å²) >= 11 is 3.26. The molecule has 1 aromatic carbocycles. The topological polar surface area (TPSA) is 119 Å². The summed E-state index contributed by atoms with van der Waals surface area (Å²) in [5, 5.41) is 3.18. The number of anilines is 2. The van der Waals surface area contributed by atoms with Crippen molar-refractivity contribution in [2.45, 2.75) is 32.1 Å². The van der Waals surface area contributed by atoms with Gasteiger partial charge in [0.15, 0.2) is 0 Å². The summed E-state index contributed by atoms with van der Waals surface area (Å²) in [6.07, 6.45) is -2.90. The summed E-state index contributed by atoms with van der Waals surface area (Å²) in [4.78, 5) is 40.4. The number of nitrogens with zero attached hydrogens (tertiary/aromatic N) is 5. The van der Waals surface area contributed by atoms with Gasteiger partial charge in [-0.1, -0.05) is 13.0 Å². The van der Waals surface area contributed by atoms with Gasteiger partial charge in [0.1, 0.15) is 40.8 Å². The predicted molar refractivity (Wildman–Crippen MR) is 134 cm³/mol. The quantitative estimate of drug-likeness (QED) is 0.352. The van der Waals surface area contributed by atoms with Crippen LogP contribution in [-0.4, -0.2) is 48.8 Å². The van der Waals surface area contributed by atoms with E-state index in [2.05, 4.69) is 36.2 Å². The molecule has 2 amide bonds. The third-order valence-electron chi connectivity index (χ3n) is 6.39. The van der Waals surface area contributed by atoms with E-state index in [1.54, 1.807) is 18.2 Å². The molecule has 2 atom stereocenters. The third kappa shape index (κ3) is 4.70. The number of likely N-dealkylation sites (tertiary alicyclic amines) is 1. The van der Waals surface area contributed by atoms with Gasteiger partial charge in [-0.05, 0) is 58.6 Å². The number of fused-ring (bicyclic) bond motifs is 3. The fourth-order valence-corrected chi connectivity index (χ4v) is 5.10. The van der Waals surface area contributed by atoms with Gasteiger partial charge in [-0.25, -0.2) is 15.0 Å². The normalized spacial score (nSPS) is 18.0. The fraction of sp³-hybridized carbons (Fsp3) is 0.292. The number of aromatic nitrogens is 4.